The normalized spacial score (nSPS) is 14.9. The summed E-state index contributed by atoms with van der Waals surface area (Å²) in [6.45, 7) is 42.7. The number of piperidine rings is 4. The fraction of sp³-hybridized carbons (Fsp3) is 0.385. The highest BCUT2D eigenvalue weighted by molar-refractivity contribution is 6.31. The van der Waals surface area contributed by atoms with Crippen LogP contribution in [0.25, 0.3) is 76.1 Å². The summed E-state index contributed by atoms with van der Waals surface area (Å²) in [7, 11) is 5.88. The number of fused-ring (bicyclic) bond motifs is 4. The number of likely N-dealkylation sites (tertiary alicyclic amines) is 4. The van der Waals surface area contributed by atoms with Crippen LogP contribution in [-0.4, -0.2) is 177 Å². The first-order valence-corrected chi connectivity index (χ1v) is 44.9. The Morgan fingerprint density at radius 3 is 1.03 bits per heavy atom. The molecule has 644 valence electrons. The zero-order valence-corrected chi connectivity index (χ0v) is 75.8. The van der Waals surface area contributed by atoms with Crippen molar-refractivity contribution in [1.82, 2.24) is 42.8 Å². The number of Topliss-reactive ketones (excluding diaryl/α,β-unsaturated/α-hetero) is 5. The van der Waals surface area contributed by atoms with E-state index in [0.29, 0.717) is 59.6 Å². The fourth-order valence-corrected chi connectivity index (χ4v) is 18.6. The Bertz CT molecular complexity index is 5980. The molecule has 4 aliphatic heterocycles. The van der Waals surface area contributed by atoms with Gasteiger partial charge in [-0.25, -0.2) is 9.69 Å². The molecule has 1 amide bonds. The Morgan fingerprint density at radius 2 is 0.694 bits per heavy atom. The van der Waals surface area contributed by atoms with Crippen LogP contribution in [0.15, 0.2) is 170 Å². The van der Waals surface area contributed by atoms with E-state index < -0.39 is 5.41 Å². The molecule has 8 aromatic carbocycles. The molecule has 18 nitrogen and oxygen atoms in total. The first-order chi connectivity index (χ1) is 59.6. The zero-order chi connectivity index (χ0) is 88.2. The molecule has 0 aliphatic carbocycles. The quantitative estimate of drug-likeness (QED) is 0.0471. The standard InChI is InChI=1S/C29H33N3O2.C26H28N4O2.C25H30ClN3O.C24H27ClN2O/c1-20-28(26(33)19-31-15-7-6-8-16-31)24-17-21(18-27(34)29(2,3)4)9-14-25(24)32(20)23-12-10-22(30-5)11-13-23;1-18-26(25(32)17-29-14-6-5-7-15-29)23-16-22(28(4)19(2)31)12-13-24(23)30(18)21-10-8-20(27-3)9-11-21;1-18-25(24(30)17-28-13-5-4-6-14-28)22-12-7-19(16-27(2)3)15-23(22)29(18)21-10-8-20(26)9-11-21;1-3-18-7-12-21-22(15-18)27(20-10-8-19(25)9-11-20)17(2)24(21)23(28)16-26-13-5-4-6-14-26/h9-14,17H,6-8,15-16,18-19H2,1-4H3;8-13,16H,5-7,14-15,17H2,1-2,4H3;7-12,15H,4-6,13-14,16-17H2,1-3H3;7-12,15H,3-6,13-14,16H2,1-2H3. The molecule has 0 atom stereocenters. The number of anilines is 1. The summed E-state index contributed by atoms with van der Waals surface area (Å²) >= 11 is 12.2. The minimum Gasteiger partial charge on any atom is -0.316 e. The number of carbonyl (C=O) groups is 6. The van der Waals surface area contributed by atoms with Crippen LogP contribution in [0.2, 0.25) is 10.0 Å². The van der Waals surface area contributed by atoms with Gasteiger partial charge in [-0.05, 0) is 284 Å². The van der Waals surface area contributed by atoms with Crippen molar-refractivity contribution in [1.29, 1.82) is 0 Å². The van der Waals surface area contributed by atoms with E-state index in [4.69, 9.17) is 36.3 Å². The molecule has 0 saturated carbocycles. The van der Waals surface area contributed by atoms with E-state index in [1.165, 1.54) is 69.4 Å². The summed E-state index contributed by atoms with van der Waals surface area (Å²) in [5.41, 5.74) is 19.8. The molecule has 0 N–H and O–H groups in total. The molecule has 124 heavy (non-hydrogen) atoms. The van der Waals surface area contributed by atoms with E-state index in [2.05, 4.69) is 124 Å². The number of ketones is 5. The van der Waals surface area contributed by atoms with Gasteiger partial charge >= 0.3 is 0 Å². The Morgan fingerprint density at radius 1 is 0.379 bits per heavy atom. The van der Waals surface area contributed by atoms with E-state index in [-0.39, 0.29) is 34.8 Å². The molecule has 20 heteroatoms. The predicted molar refractivity (Wildman–Crippen MR) is 507 cm³/mol. The van der Waals surface area contributed by atoms with Crippen molar-refractivity contribution in [2.45, 2.75) is 159 Å². The maximum absolute atomic E-state index is 13.6. The number of nitrogens with zero attached hydrogens (tertiary/aromatic N) is 12. The van der Waals surface area contributed by atoms with Gasteiger partial charge in [-0.3, -0.25) is 48.4 Å². The molecule has 0 radical (unpaired) electrons. The number of aryl methyl sites for hydroxylation is 1. The van der Waals surface area contributed by atoms with Gasteiger partial charge in [-0.2, -0.15) is 0 Å². The first kappa shape index (κ1) is 90.8. The van der Waals surface area contributed by atoms with Crippen molar-refractivity contribution >= 4 is 119 Å². The van der Waals surface area contributed by atoms with Crippen molar-refractivity contribution in [2.24, 2.45) is 5.41 Å². The number of carbonyl (C=O) groups excluding carboxylic acids is 6. The predicted octanol–water partition coefficient (Wildman–Crippen LogP) is 22.6. The Hall–Kier alpha value is -10.9. The average molecular weight is 1700 g/mol. The number of hydrogen-bond donors (Lipinski definition) is 0. The highest BCUT2D eigenvalue weighted by Gasteiger charge is 2.31. The third kappa shape index (κ3) is 21.0. The zero-order valence-electron chi connectivity index (χ0n) is 74.3. The third-order valence-electron chi connectivity index (χ3n) is 25.0. The van der Waals surface area contributed by atoms with Crippen LogP contribution in [-0.2, 0) is 29.0 Å². The highest BCUT2D eigenvalue weighted by Crippen LogP contribution is 2.39. The van der Waals surface area contributed by atoms with Crippen LogP contribution in [0.4, 0.5) is 17.1 Å². The van der Waals surface area contributed by atoms with Gasteiger partial charge in [0.05, 0.1) is 61.4 Å². The molecule has 0 spiro atoms. The van der Waals surface area contributed by atoms with Crippen molar-refractivity contribution in [3.05, 3.63) is 264 Å². The molecule has 4 saturated heterocycles. The lowest BCUT2D eigenvalue weighted by molar-refractivity contribution is -0.125. The number of halogens is 2. The van der Waals surface area contributed by atoms with Gasteiger partial charge in [0.15, 0.2) is 34.5 Å². The summed E-state index contributed by atoms with van der Waals surface area (Å²) in [5.74, 6) is 0.790. The monoisotopic (exact) mass is 1700 g/mol. The van der Waals surface area contributed by atoms with Gasteiger partial charge in [0, 0.05) is 137 Å². The third-order valence-corrected chi connectivity index (χ3v) is 25.5. The number of rotatable bonds is 22. The second-order valence-electron chi connectivity index (χ2n) is 35.2. The van der Waals surface area contributed by atoms with E-state index in [0.717, 1.165) is 208 Å². The number of benzene rings is 8. The van der Waals surface area contributed by atoms with E-state index in [9.17, 15) is 28.8 Å². The molecule has 4 aliphatic rings. The van der Waals surface area contributed by atoms with Gasteiger partial charge in [0.2, 0.25) is 5.91 Å². The Labute approximate surface area is 741 Å². The molecular weight excluding hydrogens is 1580 g/mol. The van der Waals surface area contributed by atoms with Gasteiger partial charge < -0.3 is 28.1 Å². The summed E-state index contributed by atoms with van der Waals surface area (Å²) in [5, 5.41) is 5.26. The Kier molecular flexibility index (Phi) is 29.9. The Balaban J connectivity index is 0.000000142. The maximum atomic E-state index is 13.6. The van der Waals surface area contributed by atoms with Gasteiger partial charge in [0.25, 0.3) is 0 Å². The van der Waals surface area contributed by atoms with Crippen LogP contribution in [0, 0.1) is 46.3 Å². The lowest BCUT2D eigenvalue weighted by atomic mass is 9.87. The molecule has 8 heterocycles. The van der Waals surface area contributed by atoms with Crippen LogP contribution < -0.4 is 4.90 Å². The van der Waals surface area contributed by atoms with Crippen molar-refractivity contribution < 1.29 is 28.8 Å². The molecule has 0 bridgehead atoms. The van der Waals surface area contributed by atoms with E-state index in [1.807, 2.05) is 144 Å². The second kappa shape index (κ2) is 40.8. The molecular formula is C104H118Cl2N12O6. The molecule has 0 unspecified atom stereocenters. The van der Waals surface area contributed by atoms with Gasteiger partial charge in [-0.15, -0.1) is 0 Å². The fourth-order valence-electron chi connectivity index (χ4n) is 18.3. The number of amides is 1. The highest BCUT2D eigenvalue weighted by atomic mass is 35.5. The van der Waals surface area contributed by atoms with E-state index in [1.54, 1.807) is 36.2 Å². The summed E-state index contributed by atoms with van der Waals surface area (Å²) in [6.07, 6.45) is 15.6. The minimum atomic E-state index is -0.408. The first-order valence-electron chi connectivity index (χ1n) is 44.1. The number of aromatic nitrogens is 4. The molecule has 4 aromatic heterocycles. The molecule has 12 aromatic rings. The van der Waals surface area contributed by atoms with Crippen molar-refractivity contribution in [2.75, 3.05) is 105 Å². The number of hydrogen-bond acceptors (Lipinski definition) is 11. The maximum Gasteiger partial charge on any atom is 0.223 e. The summed E-state index contributed by atoms with van der Waals surface area (Å²) in [6, 6.07) is 55.4. The molecule has 16 rings (SSSR count). The van der Waals surface area contributed by atoms with Crippen LogP contribution >= 0.6 is 23.2 Å². The van der Waals surface area contributed by atoms with Crippen LogP contribution in [0.5, 0.6) is 0 Å². The summed E-state index contributed by atoms with van der Waals surface area (Å²) < 4.78 is 8.58. The van der Waals surface area contributed by atoms with Gasteiger partial charge in [0.1, 0.15) is 5.78 Å². The van der Waals surface area contributed by atoms with Crippen molar-refractivity contribution in [3.8, 4) is 22.7 Å². The second-order valence-corrected chi connectivity index (χ2v) is 36.1. The largest absolute Gasteiger partial charge is 0.316 e. The summed E-state index contributed by atoms with van der Waals surface area (Å²) in [4.78, 5) is 98.4. The SMILES string of the molecule is CCc1ccc2c(C(=O)CN3CCCCC3)c(C)n(-c3ccc(Cl)cc3)c2c1.Cc1c(C(=O)CN2CCCCC2)c2ccc(CN(C)C)cc2n1-c1ccc(Cl)cc1.[C-]#[N+]c1ccc(-n2c(C)c(C(=O)CN3CCCCC3)c3cc(CC(=O)C(C)(C)C)ccc32)cc1.[C-]#[N+]c1ccc(-n2c(C)c(C(=O)CN3CCCCC3)c3cc(N(C)C(C)=O)ccc32)cc1. The lowest BCUT2D eigenvalue weighted by Gasteiger charge is -2.25. The van der Waals surface area contributed by atoms with Crippen LogP contribution in [0.3, 0.4) is 0 Å². The minimum absolute atomic E-state index is 0.0589. The van der Waals surface area contributed by atoms with E-state index >= 15 is 0 Å². The molecule has 4 fully saturated rings. The average Bonchev–Trinajstić information content (AvgIpc) is 1.62. The van der Waals surface area contributed by atoms with Crippen molar-refractivity contribution in [3.63, 3.8) is 0 Å². The van der Waals surface area contributed by atoms with Gasteiger partial charge in [-0.1, -0.05) is 131 Å². The lowest BCUT2D eigenvalue weighted by Crippen LogP contribution is -2.34. The topological polar surface area (TPSA) is 150 Å². The van der Waals surface area contributed by atoms with Crippen LogP contribution in [0.1, 0.15) is 193 Å². The smallest absolute Gasteiger partial charge is 0.223 e.